The van der Waals surface area contributed by atoms with Gasteiger partial charge in [0.15, 0.2) is 0 Å². The Morgan fingerprint density at radius 1 is 1.14 bits per heavy atom. The Labute approximate surface area is 180 Å². The van der Waals surface area contributed by atoms with E-state index in [1.807, 2.05) is 44.1 Å². The third kappa shape index (κ3) is 6.97. The van der Waals surface area contributed by atoms with E-state index in [-0.39, 0.29) is 30.7 Å². The van der Waals surface area contributed by atoms with Gasteiger partial charge >= 0.3 is 0 Å². The molecule has 0 aliphatic rings. The Morgan fingerprint density at radius 3 is 2.25 bits per heavy atom. The minimum absolute atomic E-state index is 0. The van der Waals surface area contributed by atoms with Gasteiger partial charge < -0.3 is 16.0 Å². The molecule has 1 heterocycles. The molecule has 1 amide bonds. The summed E-state index contributed by atoms with van der Waals surface area (Å²) in [6.07, 6.45) is 4.20. The molecule has 5 nitrogen and oxygen atoms in total. The van der Waals surface area contributed by atoms with Gasteiger partial charge in [-0.15, -0.1) is 24.8 Å². The third-order valence-corrected chi connectivity index (χ3v) is 4.44. The lowest BCUT2D eigenvalue weighted by Crippen LogP contribution is -2.52. The van der Waals surface area contributed by atoms with Gasteiger partial charge in [-0.3, -0.25) is 9.78 Å². The summed E-state index contributed by atoms with van der Waals surface area (Å²) >= 11 is 0. The van der Waals surface area contributed by atoms with Crippen LogP contribution in [-0.4, -0.2) is 37.1 Å². The van der Waals surface area contributed by atoms with E-state index < -0.39 is 5.54 Å². The minimum Gasteiger partial charge on any atom is -0.378 e. The Morgan fingerprint density at radius 2 is 1.75 bits per heavy atom. The summed E-state index contributed by atoms with van der Waals surface area (Å²) < 4.78 is 0. The molecule has 0 spiro atoms. The maximum absolute atomic E-state index is 12.7. The van der Waals surface area contributed by atoms with Crippen LogP contribution < -0.4 is 16.0 Å². The number of benzene rings is 1. The lowest BCUT2D eigenvalue weighted by atomic mass is 9.90. The summed E-state index contributed by atoms with van der Waals surface area (Å²) in [5.74, 6) is 0.307. The van der Waals surface area contributed by atoms with E-state index in [1.165, 1.54) is 0 Å². The predicted molar refractivity (Wildman–Crippen MR) is 123 cm³/mol. The molecular weight excluding hydrogens is 395 g/mol. The first kappa shape index (κ1) is 26.2. The van der Waals surface area contributed by atoms with Crippen molar-refractivity contribution in [2.45, 2.75) is 32.7 Å². The van der Waals surface area contributed by atoms with Crippen LogP contribution in [0.1, 0.15) is 37.6 Å². The molecule has 1 atom stereocenters. The summed E-state index contributed by atoms with van der Waals surface area (Å²) in [5.41, 5.74) is 9.10. The number of rotatable bonds is 7. The minimum atomic E-state index is -0.422. The Balaban J connectivity index is 0.00000364. The summed E-state index contributed by atoms with van der Waals surface area (Å²) in [7, 11) is 4.01. The van der Waals surface area contributed by atoms with Crippen LogP contribution >= 0.6 is 24.8 Å². The average Bonchev–Trinajstić information content (AvgIpc) is 2.61. The van der Waals surface area contributed by atoms with E-state index >= 15 is 0 Å². The van der Waals surface area contributed by atoms with Crippen molar-refractivity contribution in [3.8, 4) is 11.1 Å². The second kappa shape index (κ2) is 11.2. The van der Waals surface area contributed by atoms with E-state index in [4.69, 9.17) is 5.73 Å². The lowest BCUT2D eigenvalue weighted by molar-refractivity contribution is 0.0898. The normalized spacial score (nSPS) is 12.4. The fourth-order valence-electron chi connectivity index (χ4n) is 3.11. The fraction of sp³-hybridized carbons (Fsp3) is 0.429. The van der Waals surface area contributed by atoms with E-state index in [9.17, 15) is 4.79 Å². The second-order valence-electron chi connectivity index (χ2n) is 7.72. The van der Waals surface area contributed by atoms with Crippen LogP contribution in [0.25, 0.3) is 11.1 Å². The fourth-order valence-corrected chi connectivity index (χ4v) is 3.11. The number of carbonyl (C=O) groups is 1. The molecule has 1 unspecified atom stereocenters. The quantitative estimate of drug-likeness (QED) is 0.697. The van der Waals surface area contributed by atoms with Crippen LogP contribution in [0.3, 0.4) is 0 Å². The zero-order chi connectivity index (χ0) is 19.3. The third-order valence-electron chi connectivity index (χ3n) is 4.44. The molecule has 7 heteroatoms. The number of pyridine rings is 1. The number of halogens is 2. The van der Waals surface area contributed by atoms with Gasteiger partial charge in [-0.1, -0.05) is 26.0 Å². The van der Waals surface area contributed by atoms with Crippen molar-refractivity contribution >= 4 is 36.4 Å². The van der Waals surface area contributed by atoms with Crippen molar-refractivity contribution in [1.29, 1.82) is 0 Å². The molecule has 1 aromatic carbocycles. The topological polar surface area (TPSA) is 71.2 Å². The van der Waals surface area contributed by atoms with Crippen molar-refractivity contribution in [1.82, 2.24) is 10.3 Å². The van der Waals surface area contributed by atoms with Gasteiger partial charge in [0, 0.05) is 49.8 Å². The Hall–Kier alpha value is -1.82. The maximum Gasteiger partial charge on any atom is 0.253 e. The van der Waals surface area contributed by atoms with Crippen molar-refractivity contribution in [3.63, 3.8) is 0 Å². The first-order valence-corrected chi connectivity index (χ1v) is 8.99. The molecule has 156 valence electrons. The van der Waals surface area contributed by atoms with E-state index in [2.05, 4.69) is 36.3 Å². The van der Waals surface area contributed by atoms with Gasteiger partial charge in [0.2, 0.25) is 0 Å². The molecule has 0 fully saturated rings. The number of amides is 1. The van der Waals surface area contributed by atoms with Gasteiger partial charge in [-0.05, 0) is 43.0 Å². The van der Waals surface area contributed by atoms with Crippen LogP contribution in [0.5, 0.6) is 0 Å². The van der Waals surface area contributed by atoms with Crippen molar-refractivity contribution in [2.75, 3.05) is 25.5 Å². The van der Waals surface area contributed by atoms with Crippen LogP contribution in [0.15, 0.2) is 42.7 Å². The first-order valence-electron chi connectivity index (χ1n) is 8.99. The van der Waals surface area contributed by atoms with Crippen molar-refractivity contribution in [2.24, 2.45) is 11.7 Å². The summed E-state index contributed by atoms with van der Waals surface area (Å²) in [4.78, 5) is 19.0. The van der Waals surface area contributed by atoms with E-state index in [0.29, 0.717) is 18.0 Å². The number of hydrogen-bond donors (Lipinski definition) is 2. The van der Waals surface area contributed by atoms with Crippen LogP contribution in [-0.2, 0) is 0 Å². The number of aromatic nitrogens is 1. The van der Waals surface area contributed by atoms with Crippen molar-refractivity contribution < 1.29 is 4.79 Å². The monoisotopic (exact) mass is 426 g/mol. The van der Waals surface area contributed by atoms with Gasteiger partial charge in [0.1, 0.15) is 0 Å². The highest BCUT2D eigenvalue weighted by Gasteiger charge is 2.26. The van der Waals surface area contributed by atoms with Gasteiger partial charge in [-0.25, -0.2) is 0 Å². The molecule has 3 N–H and O–H groups in total. The molecule has 0 radical (unpaired) electrons. The van der Waals surface area contributed by atoms with Crippen molar-refractivity contribution in [3.05, 3.63) is 48.3 Å². The Bertz CT molecular complexity index is 750. The second-order valence-corrected chi connectivity index (χ2v) is 7.72. The van der Waals surface area contributed by atoms with Gasteiger partial charge in [0.05, 0.1) is 5.56 Å². The molecule has 1 aromatic heterocycles. The molecular formula is C21H32Cl2N4O. The smallest absolute Gasteiger partial charge is 0.253 e. The molecule has 0 saturated carbocycles. The summed E-state index contributed by atoms with van der Waals surface area (Å²) in [6, 6.07) is 10.1. The molecule has 0 aliphatic carbocycles. The Kier molecular flexibility index (Phi) is 10.5. The number of hydrogen-bond acceptors (Lipinski definition) is 4. The zero-order valence-electron chi connectivity index (χ0n) is 17.2. The maximum atomic E-state index is 12.7. The number of nitrogens with zero attached hydrogens (tertiary/aromatic N) is 2. The highest BCUT2D eigenvalue weighted by Crippen LogP contribution is 2.23. The zero-order valence-corrected chi connectivity index (χ0v) is 18.9. The standard InChI is InChI=1S/C21H30N4O.2ClH/c1-15(2)11-21(3,14-22)24-20(26)18-10-17(12-23-13-18)16-6-8-19(9-7-16)25(4)5;;/h6-10,12-13,15H,11,14,22H2,1-5H3,(H,24,26);2*1H. The highest BCUT2D eigenvalue weighted by atomic mass is 35.5. The largest absolute Gasteiger partial charge is 0.378 e. The average molecular weight is 427 g/mol. The molecule has 2 aromatic rings. The predicted octanol–water partition coefficient (Wildman–Crippen LogP) is 4.15. The number of carbonyl (C=O) groups excluding carboxylic acids is 1. The number of nitrogens with two attached hydrogens (primary N) is 1. The van der Waals surface area contributed by atoms with Crippen LogP contribution in [0.4, 0.5) is 5.69 Å². The molecule has 0 aliphatic heterocycles. The number of anilines is 1. The van der Waals surface area contributed by atoms with Gasteiger partial charge in [-0.2, -0.15) is 0 Å². The molecule has 0 saturated heterocycles. The molecule has 2 rings (SSSR count). The molecule has 0 bridgehead atoms. The van der Waals surface area contributed by atoms with E-state index in [1.54, 1.807) is 12.4 Å². The summed E-state index contributed by atoms with van der Waals surface area (Å²) in [6.45, 7) is 6.64. The summed E-state index contributed by atoms with van der Waals surface area (Å²) in [5, 5.41) is 3.08. The number of nitrogens with one attached hydrogen (secondary N) is 1. The first-order chi connectivity index (χ1) is 12.2. The SMILES string of the molecule is CC(C)CC(C)(CN)NC(=O)c1cncc(-c2ccc(N(C)C)cc2)c1.Cl.Cl. The highest BCUT2D eigenvalue weighted by molar-refractivity contribution is 5.95. The van der Waals surface area contributed by atoms with Crippen LogP contribution in [0.2, 0.25) is 0 Å². The van der Waals surface area contributed by atoms with E-state index in [0.717, 1.165) is 23.2 Å². The van der Waals surface area contributed by atoms with Gasteiger partial charge in [0.25, 0.3) is 5.91 Å². The van der Waals surface area contributed by atoms with Crippen LogP contribution in [0, 0.1) is 5.92 Å². The molecule has 28 heavy (non-hydrogen) atoms. The lowest BCUT2D eigenvalue weighted by Gasteiger charge is -2.31.